The summed E-state index contributed by atoms with van der Waals surface area (Å²) in [5.41, 5.74) is 1.50. The van der Waals surface area contributed by atoms with Crippen molar-refractivity contribution in [3.8, 4) is 6.07 Å². The van der Waals surface area contributed by atoms with Crippen LogP contribution in [0.4, 0.5) is 0 Å². The molecule has 2 unspecified atom stereocenters. The van der Waals surface area contributed by atoms with Crippen LogP contribution in [-0.4, -0.2) is 11.1 Å². The Morgan fingerprint density at radius 1 is 1.10 bits per heavy atom. The third-order valence-corrected chi connectivity index (χ3v) is 3.69. The molecule has 0 bridgehead atoms. The first-order valence-corrected chi connectivity index (χ1v) is 6.91. The van der Waals surface area contributed by atoms with Gasteiger partial charge in [0.15, 0.2) is 0 Å². The molecule has 2 rings (SSSR count). The highest BCUT2D eigenvalue weighted by atomic mass is 35.5. The van der Waals surface area contributed by atoms with Crippen LogP contribution in [-0.2, 0) is 4.79 Å². The van der Waals surface area contributed by atoms with Crippen molar-refractivity contribution < 1.29 is 9.90 Å². The molecule has 0 aromatic heterocycles. The summed E-state index contributed by atoms with van der Waals surface area (Å²) in [7, 11) is 0. The summed E-state index contributed by atoms with van der Waals surface area (Å²) in [6, 6.07) is 18.1. The van der Waals surface area contributed by atoms with E-state index in [0.717, 1.165) is 5.56 Å². The topological polar surface area (TPSA) is 61.1 Å². The minimum atomic E-state index is -0.943. The molecule has 21 heavy (non-hydrogen) atoms. The highest BCUT2D eigenvalue weighted by Crippen LogP contribution is 2.36. The van der Waals surface area contributed by atoms with E-state index in [1.54, 1.807) is 24.3 Å². The number of benzene rings is 2. The van der Waals surface area contributed by atoms with E-state index in [0.29, 0.717) is 10.6 Å². The van der Waals surface area contributed by atoms with Gasteiger partial charge in [0.05, 0.1) is 12.0 Å². The Hall–Kier alpha value is -2.31. The van der Waals surface area contributed by atoms with Crippen LogP contribution in [0.2, 0.25) is 5.02 Å². The first kappa shape index (κ1) is 15.1. The molecule has 3 nitrogen and oxygen atoms in total. The molecule has 0 amide bonds. The minimum Gasteiger partial charge on any atom is -0.481 e. The molecule has 0 aliphatic heterocycles. The molecule has 1 N–H and O–H groups in total. The largest absolute Gasteiger partial charge is 0.481 e. The third kappa shape index (κ3) is 3.62. The fourth-order valence-corrected chi connectivity index (χ4v) is 2.57. The Kier molecular flexibility index (Phi) is 4.97. The van der Waals surface area contributed by atoms with Crippen molar-refractivity contribution in [3.63, 3.8) is 0 Å². The van der Waals surface area contributed by atoms with Crippen molar-refractivity contribution in [2.24, 2.45) is 0 Å². The molecule has 2 atom stereocenters. The van der Waals surface area contributed by atoms with E-state index in [-0.39, 0.29) is 6.42 Å². The minimum absolute atomic E-state index is 0.142. The quantitative estimate of drug-likeness (QED) is 0.899. The summed E-state index contributed by atoms with van der Waals surface area (Å²) < 4.78 is 0. The zero-order chi connectivity index (χ0) is 15.2. The van der Waals surface area contributed by atoms with Crippen molar-refractivity contribution in [1.29, 1.82) is 5.26 Å². The molecule has 2 aromatic rings. The van der Waals surface area contributed by atoms with E-state index >= 15 is 0 Å². The summed E-state index contributed by atoms with van der Waals surface area (Å²) in [6.07, 6.45) is 0.142. The molecular weight excluding hydrogens is 286 g/mol. The van der Waals surface area contributed by atoms with E-state index in [1.807, 2.05) is 30.3 Å². The van der Waals surface area contributed by atoms with Crippen molar-refractivity contribution in [2.45, 2.75) is 18.3 Å². The normalized spacial score (nSPS) is 13.1. The summed E-state index contributed by atoms with van der Waals surface area (Å²) in [5.74, 6) is -2.11. The number of halogens is 1. The second kappa shape index (κ2) is 6.92. The van der Waals surface area contributed by atoms with Gasteiger partial charge < -0.3 is 5.11 Å². The van der Waals surface area contributed by atoms with Gasteiger partial charge in [-0.05, 0) is 23.3 Å². The van der Waals surface area contributed by atoms with Gasteiger partial charge in [-0.1, -0.05) is 54.1 Å². The maximum atomic E-state index is 11.7. The molecular formula is C17H14ClNO2. The van der Waals surface area contributed by atoms with Crippen LogP contribution in [0.5, 0.6) is 0 Å². The molecule has 0 radical (unpaired) electrons. The van der Waals surface area contributed by atoms with Crippen LogP contribution in [0.3, 0.4) is 0 Å². The summed E-state index contributed by atoms with van der Waals surface area (Å²) >= 11 is 5.85. The van der Waals surface area contributed by atoms with Crippen LogP contribution in [0.25, 0.3) is 0 Å². The second-order valence-electron chi connectivity index (χ2n) is 4.75. The van der Waals surface area contributed by atoms with Gasteiger partial charge in [-0.3, -0.25) is 4.79 Å². The fourth-order valence-electron chi connectivity index (χ4n) is 2.44. The third-order valence-electron chi connectivity index (χ3n) is 3.44. The summed E-state index contributed by atoms with van der Waals surface area (Å²) in [4.78, 5) is 11.7. The van der Waals surface area contributed by atoms with Crippen molar-refractivity contribution >= 4 is 17.6 Å². The molecule has 106 valence electrons. The number of nitrogens with zero attached hydrogens (tertiary/aromatic N) is 1. The lowest BCUT2D eigenvalue weighted by atomic mass is 9.80. The number of carboxylic acids is 1. The maximum Gasteiger partial charge on any atom is 0.311 e. The number of carboxylic acid groups (broad SMARTS) is 1. The van der Waals surface area contributed by atoms with Crippen molar-refractivity contribution in [2.75, 3.05) is 0 Å². The number of rotatable bonds is 5. The lowest BCUT2D eigenvalue weighted by Crippen LogP contribution is -2.20. The van der Waals surface area contributed by atoms with E-state index in [4.69, 9.17) is 16.9 Å². The molecule has 0 aliphatic carbocycles. The van der Waals surface area contributed by atoms with Gasteiger partial charge in [0, 0.05) is 17.4 Å². The van der Waals surface area contributed by atoms with Gasteiger partial charge in [-0.25, -0.2) is 0 Å². The van der Waals surface area contributed by atoms with Crippen LogP contribution in [0.15, 0.2) is 54.6 Å². The van der Waals surface area contributed by atoms with Crippen LogP contribution in [0.1, 0.15) is 29.4 Å². The fraction of sp³-hybridized carbons (Fsp3) is 0.176. The maximum absolute atomic E-state index is 11.7. The lowest BCUT2D eigenvalue weighted by molar-refractivity contribution is -0.139. The zero-order valence-corrected chi connectivity index (χ0v) is 12.0. The highest BCUT2D eigenvalue weighted by molar-refractivity contribution is 6.30. The Balaban J connectivity index is 2.45. The number of hydrogen-bond donors (Lipinski definition) is 1. The van der Waals surface area contributed by atoms with Crippen molar-refractivity contribution in [3.05, 3.63) is 70.7 Å². The van der Waals surface area contributed by atoms with E-state index in [9.17, 15) is 9.90 Å². The number of carbonyl (C=O) groups is 1. The Morgan fingerprint density at radius 2 is 1.71 bits per heavy atom. The monoisotopic (exact) mass is 299 g/mol. The number of aliphatic carboxylic acids is 1. The Morgan fingerprint density at radius 3 is 2.24 bits per heavy atom. The average molecular weight is 300 g/mol. The molecule has 0 spiro atoms. The van der Waals surface area contributed by atoms with E-state index in [1.165, 1.54) is 0 Å². The lowest BCUT2D eigenvalue weighted by Gasteiger charge is -2.22. The average Bonchev–Trinajstić information content (AvgIpc) is 2.49. The van der Waals surface area contributed by atoms with Gasteiger partial charge in [-0.2, -0.15) is 5.26 Å². The molecule has 0 saturated carbocycles. The van der Waals surface area contributed by atoms with E-state index < -0.39 is 17.8 Å². The van der Waals surface area contributed by atoms with Gasteiger partial charge in [-0.15, -0.1) is 0 Å². The molecule has 4 heteroatoms. The molecule has 0 heterocycles. The Bertz CT molecular complexity index is 647. The van der Waals surface area contributed by atoms with Crippen LogP contribution in [0, 0.1) is 11.3 Å². The summed E-state index contributed by atoms with van der Waals surface area (Å²) in [5, 5.41) is 19.2. The second-order valence-corrected chi connectivity index (χ2v) is 5.18. The molecule has 0 fully saturated rings. The summed E-state index contributed by atoms with van der Waals surface area (Å²) in [6.45, 7) is 0. The molecule has 0 saturated heterocycles. The first-order valence-electron chi connectivity index (χ1n) is 6.53. The standard InChI is InChI=1S/C17H14ClNO2/c18-14-8-6-13(7-9-14)16(17(20)21)15(10-11-19)12-4-2-1-3-5-12/h1-9,15-16H,10H2,(H,20,21). The van der Waals surface area contributed by atoms with E-state index in [2.05, 4.69) is 6.07 Å². The predicted octanol–water partition coefficient (Wildman–Crippen LogP) is 4.21. The van der Waals surface area contributed by atoms with Gasteiger partial charge in [0.25, 0.3) is 0 Å². The molecule has 2 aromatic carbocycles. The Labute approximate surface area is 128 Å². The predicted molar refractivity (Wildman–Crippen MR) is 81.2 cm³/mol. The zero-order valence-electron chi connectivity index (χ0n) is 11.2. The van der Waals surface area contributed by atoms with Crippen LogP contribution >= 0.6 is 11.6 Å². The highest BCUT2D eigenvalue weighted by Gasteiger charge is 2.30. The van der Waals surface area contributed by atoms with Crippen LogP contribution < -0.4 is 0 Å². The van der Waals surface area contributed by atoms with Gasteiger partial charge >= 0.3 is 5.97 Å². The smallest absolute Gasteiger partial charge is 0.311 e. The number of nitriles is 1. The molecule has 0 aliphatic rings. The van der Waals surface area contributed by atoms with Gasteiger partial charge in [0.1, 0.15) is 0 Å². The first-order chi connectivity index (χ1) is 10.1. The van der Waals surface area contributed by atoms with Gasteiger partial charge in [0.2, 0.25) is 0 Å². The SMILES string of the molecule is N#CCC(c1ccccc1)C(C(=O)O)c1ccc(Cl)cc1. The van der Waals surface area contributed by atoms with Crippen molar-refractivity contribution in [1.82, 2.24) is 0 Å². The number of hydrogen-bond acceptors (Lipinski definition) is 2.